The average Bonchev–Trinajstić information content (AvgIpc) is 3.13. The second-order valence-corrected chi connectivity index (χ2v) is 5.59. The van der Waals surface area contributed by atoms with Crippen LogP contribution in [0.5, 0.6) is 0 Å². The number of nitrogens with one attached hydrogen (secondary N) is 1. The maximum absolute atomic E-state index is 12.4. The van der Waals surface area contributed by atoms with Gasteiger partial charge in [-0.25, -0.2) is 9.36 Å². The Morgan fingerprint density at radius 1 is 1.08 bits per heavy atom. The zero-order valence-electron chi connectivity index (χ0n) is 13.1. The van der Waals surface area contributed by atoms with E-state index < -0.39 is 0 Å². The highest BCUT2D eigenvalue weighted by molar-refractivity contribution is 5.58. The van der Waals surface area contributed by atoms with Gasteiger partial charge in [0, 0.05) is 37.5 Å². The number of hydrogen-bond donors (Lipinski definition) is 1. The van der Waals surface area contributed by atoms with E-state index in [0.29, 0.717) is 11.4 Å². The first-order chi connectivity index (χ1) is 11.8. The Hall–Kier alpha value is -2.99. The molecule has 0 spiro atoms. The lowest BCUT2D eigenvalue weighted by Gasteiger charge is -2.16. The van der Waals surface area contributed by atoms with E-state index in [1.807, 2.05) is 36.4 Å². The predicted molar refractivity (Wildman–Crippen MR) is 92.8 cm³/mol. The Balaban J connectivity index is 1.82. The lowest BCUT2D eigenvalue weighted by atomic mass is 10.2. The van der Waals surface area contributed by atoms with Crippen LogP contribution in [0.15, 0.2) is 65.7 Å². The summed E-state index contributed by atoms with van der Waals surface area (Å²) in [6, 6.07) is 13.1. The minimum Gasteiger partial charge on any atom is -0.313 e. The molecule has 0 saturated heterocycles. The zero-order valence-corrected chi connectivity index (χ0v) is 13.1. The van der Waals surface area contributed by atoms with Crippen molar-refractivity contribution in [2.24, 2.45) is 0 Å². The second-order valence-electron chi connectivity index (χ2n) is 5.59. The van der Waals surface area contributed by atoms with Crippen molar-refractivity contribution >= 4 is 5.70 Å². The van der Waals surface area contributed by atoms with Gasteiger partial charge in [0.1, 0.15) is 0 Å². The zero-order chi connectivity index (χ0) is 16.4. The molecule has 1 aromatic carbocycles. The van der Waals surface area contributed by atoms with Crippen LogP contribution >= 0.6 is 0 Å². The first-order valence-corrected chi connectivity index (χ1v) is 7.93. The molecule has 0 radical (unpaired) electrons. The van der Waals surface area contributed by atoms with Crippen molar-refractivity contribution in [3.63, 3.8) is 0 Å². The molecule has 0 amide bonds. The minimum absolute atomic E-state index is 0.113. The molecule has 0 aliphatic carbocycles. The molecule has 120 valence electrons. The Bertz CT molecular complexity index is 939. The van der Waals surface area contributed by atoms with Crippen LogP contribution in [0.25, 0.3) is 22.8 Å². The summed E-state index contributed by atoms with van der Waals surface area (Å²) in [5.41, 5.74) is 2.97. The number of nitrogens with zero attached hydrogens (tertiary/aromatic N) is 4. The summed E-state index contributed by atoms with van der Waals surface area (Å²) in [5, 5.41) is 12.2. The van der Waals surface area contributed by atoms with Crippen molar-refractivity contribution in [3.8, 4) is 17.1 Å². The van der Waals surface area contributed by atoms with Gasteiger partial charge in [0.05, 0.1) is 17.6 Å². The van der Waals surface area contributed by atoms with E-state index in [4.69, 9.17) is 0 Å². The standard InChI is InChI=1S/C18H17N5O/c24-17-9-13-22(14-6-10-19-11-7-14)21-18(17)16-8-12-20-23(16)15-4-2-1-3-5-15/h1-6,8-9,12-13,19H,7,10-11H2. The molecule has 2 aromatic heterocycles. The molecule has 3 heterocycles. The smallest absolute Gasteiger partial charge is 0.209 e. The molecule has 4 rings (SSSR count). The van der Waals surface area contributed by atoms with Crippen molar-refractivity contribution in [1.29, 1.82) is 0 Å². The largest absolute Gasteiger partial charge is 0.313 e. The molecule has 0 fully saturated rings. The number of hydrogen-bond acceptors (Lipinski definition) is 4. The van der Waals surface area contributed by atoms with Crippen LogP contribution < -0.4 is 10.7 Å². The van der Waals surface area contributed by atoms with Crippen LogP contribution in [0.4, 0.5) is 0 Å². The van der Waals surface area contributed by atoms with Crippen molar-refractivity contribution in [2.75, 3.05) is 13.1 Å². The lowest BCUT2D eigenvalue weighted by Crippen LogP contribution is -2.23. The van der Waals surface area contributed by atoms with Crippen LogP contribution in [0.1, 0.15) is 6.42 Å². The van der Waals surface area contributed by atoms with Gasteiger partial charge in [-0.05, 0) is 24.3 Å². The highest BCUT2D eigenvalue weighted by atomic mass is 16.1. The fraction of sp³-hybridized carbons (Fsp3) is 0.167. The van der Waals surface area contributed by atoms with Crippen molar-refractivity contribution in [2.45, 2.75) is 6.42 Å². The van der Waals surface area contributed by atoms with Gasteiger partial charge in [-0.1, -0.05) is 18.2 Å². The summed E-state index contributed by atoms with van der Waals surface area (Å²) >= 11 is 0. The van der Waals surface area contributed by atoms with E-state index in [2.05, 4.69) is 21.6 Å². The van der Waals surface area contributed by atoms with Crippen LogP contribution in [-0.2, 0) is 0 Å². The van der Waals surface area contributed by atoms with Gasteiger partial charge in [0.2, 0.25) is 5.43 Å². The Morgan fingerprint density at radius 3 is 2.75 bits per heavy atom. The highest BCUT2D eigenvalue weighted by Crippen LogP contribution is 2.18. The summed E-state index contributed by atoms with van der Waals surface area (Å²) in [6.45, 7) is 1.73. The van der Waals surface area contributed by atoms with Crippen molar-refractivity contribution in [3.05, 3.63) is 71.2 Å². The maximum atomic E-state index is 12.4. The van der Waals surface area contributed by atoms with Crippen molar-refractivity contribution < 1.29 is 0 Å². The first kappa shape index (κ1) is 14.6. The molecule has 1 N–H and O–H groups in total. The van der Waals surface area contributed by atoms with Crippen molar-refractivity contribution in [1.82, 2.24) is 24.9 Å². The van der Waals surface area contributed by atoms with E-state index in [0.717, 1.165) is 30.9 Å². The maximum Gasteiger partial charge on any atom is 0.209 e. The Labute approximate surface area is 139 Å². The van der Waals surface area contributed by atoms with Gasteiger partial charge in [-0.2, -0.15) is 10.2 Å². The Kier molecular flexibility index (Phi) is 3.80. The van der Waals surface area contributed by atoms with E-state index in [-0.39, 0.29) is 5.43 Å². The van der Waals surface area contributed by atoms with E-state index in [1.54, 1.807) is 27.8 Å². The normalized spacial score (nSPS) is 14.4. The number of rotatable bonds is 3. The molecule has 1 aliphatic rings. The predicted octanol–water partition coefficient (Wildman–Crippen LogP) is 1.93. The van der Waals surface area contributed by atoms with E-state index in [1.165, 1.54) is 0 Å². The SMILES string of the molecule is O=c1ccn(C2=CCNCC2)nc1-c1ccnn1-c1ccccc1. The quantitative estimate of drug-likeness (QED) is 0.801. The summed E-state index contributed by atoms with van der Waals surface area (Å²) in [7, 11) is 0. The van der Waals surface area contributed by atoms with Crippen LogP contribution in [0.2, 0.25) is 0 Å². The fourth-order valence-corrected chi connectivity index (χ4v) is 2.82. The molecular formula is C18H17N5O. The number of para-hydroxylation sites is 1. The minimum atomic E-state index is -0.113. The monoisotopic (exact) mass is 319 g/mol. The van der Waals surface area contributed by atoms with Gasteiger partial charge < -0.3 is 5.32 Å². The average molecular weight is 319 g/mol. The summed E-state index contributed by atoms with van der Waals surface area (Å²) < 4.78 is 3.53. The highest BCUT2D eigenvalue weighted by Gasteiger charge is 2.14. The first-order valence-electron chi connectivity index (χ1n) is 7.93. The molecule has 0 bridgehead atoms. The third kappa shape index (κ3) is 2.68. The van der Waals surface area contributed by atoms with Gasteiger partial charge in [-0.3, -0.25) is 4.79 Å². The third-order valence-corrected chi connectivity index (χ3v) is 4.03. The topological polar surface area (TPSA) is 64.7 Å². The second kappa shape index (κ2) is 6.25. The molecule has 0 saturated carbocycles. The Morgan fingerprint density at radius 2 is 1.96 bits per heavy atom. The number of benzene rings is 1. The molecular weight excluding hydrogens is 302 g/mol. The fourth-order valence-electron chi connectivity index (χ4n) is 2.82. The van der Waals surface area contributed by atoms with Crippen LogP contribution in [-0.4, -0.2) is 32.7 Å². The van der Waals surface area contributed by atoms with E-state index >= 15 is 0 Å². The van der Waals surface area contributed by atoms with Crippen LogP contribution in [0.3, 0.4) is 0 Å². The van der Waals surface area contributed by atoms with Gasteiger partial charge >= 0.3 is 0 Å². The van der Waals surface area contributed by atoms with Crippen LogP contribution in [0, 0.1) is 0 Å². The molecule has 6 nitrogen and oxygen atoms in total. The third-order valence-electron chi connectivity index (χ3n) is 4.03. The summed E-state index contributed by atoms with van der Waals surface area (Å²) in [6.07, 6.45) is 6.39. The van der Waals surface area contributed by atoms with E-state index in [9.17, 15) is 4.79 Å². The molecule has 1 aliphatic heterocycles. The molecule has 0 atom stereocenters. The van der Waals surface area contributed by atoms with Gasteiger partial charge in [-0.15, -0.1) is 0 Å². The lowest BCUT2D eigenvalue weighted by molar-refractivity contribution is 0.694. The summed E-state index contributed by atoms with van der Waals surface area (Å²) in [5.74, 6) is 0. The van der Waals surface area contributed by atoms with Gasteiger partial charge in [0.25, 0.3) is 0 Å². The van der Waals surface area contributed by atoms with Gasteiger partial charge in [0.15, 0.2) is 5.69 Å². The molecule has 24 heavy (non-hydrogen) atoms. The molecule has 6 heteroatoms. The number of aromatic nitrogens is 4. The summed E-state index contributed by atoms with van der Waals surface area (Å²) in [4.78, 5) is 12.4. The molecule has 0 unspecified atom stereocenters. The molecule has 3 aromatic rings.